The number of methoxy groups -OCH3 is 2. The van der Waals surface area contributed by atoms with E-state index in [2.05, 4.69) is 0 Å². The molecule has 3 rings (SSSR count). The Morgan fingerprint density at radius 2 is 2.00 bits per heavy atom. The molecule has 1 aliphatic heterocycles. The van der Waals surface area contributed by atoms with E-state index < -0.39 is 17.3 Å². The molecule has 1 heterocycles. The predicted octanol–water partition coefficient (Wildman–Crippen LogP) is 2.95. The molecule has 7 heteroatoms. The van der Waals surface area contributed by atoms with Crippen LogP contribution in [0.25, 0.3) is 0 Å². The van der Waals surface area contributed by atoms with E-state index in [-0.39, 0.29) is 18.3 Å². The molecule has 0 aromatic heterocycles. The second-order valence-corrected chi connectivity index (χ2v) is 7.44. The minimum Gasteiger partial charge on any atom is -0.500 e. The molecule has 2 unspecified atom stereocenters. The van der Waals surface area contributed by atoms with Crippen molar-refractivity contribution in [3.63, 3.8) is 0 Å². The van der Waals surface area contributed by atoms with Gasteiger partial charge < -0.3 is 24.1 Å². The molecule has 150 valence electrons. The molecule has 0 spiro atoms. The van der Waals surface area contributed by atoms with Crippen molar-refractivity contribution in [1.29, 1.82) is 0 Å². The second kappa shape index (κ2) is 7.58. The number of carbonyl (C=O) groups is 2. The van der Waals surface area contributed by atoms with Crippen molar-refractivity contribution < 1.29 is 33.6 Å². The van der Waals surface area contributed by atoms with Gasteiger partial charge >= 0.3 is 5.97 Å². The Kier molecular flexibility index (Phi) is 5.36. The second-order valence-electron chi connectivity index (χ2n) is 7.44. The minimum absolute atomic E-state index is 0.000754. The maximum atomic E-state index is 13.0. The number of aliphatic carboxylic acids is 1. The normalized spacial score (nSPS) is 20.9. The van der Waals surface area contributed by atoms with Crippen LogP contribution in [0.4, 0.5) is 0 Å². The Morgan fingerprint density at radius 1 is 1.25 bits per heavy atom. The summed E-state index contributed by atoms with van der Waals surface area (Å²) in [6, 6.07) is 3.46. The molecule has 1 aliphatic carbocycles. The smallest absolute Gasteiger partial charge is 0.312 e. The highest BCUT2D eigenvalue weighted by atomic mass is 16.5. The molecule has 1 aromatic carbocycles. The number of ether oxygens (including phenoxy) is 4. The molecule has 0 bridgehead atoms. The van der Waals surface area contributed by atoms with E-state index in [0.29, 0.717) is 29.4 Å². The van der Waals surface area contributed by atoms with Crippen LogP contribution in [0.1, 0.15) is 25.3 Å². The molecule has 0 saturated carbocycles. The number of allylic oxidation sites excluding steroid dienone is 2. The van der Waals surface area contributed by atoms with Crippen LogP contribution in [0.5, 0.6) is 17.2 Å². The van der Waals surface area contributed by atoms with Crippen molar-refractivity contribution in [2.75, 3.05) is 27.4 Å². The fourth-order valence-electron chi connectivity index (χ4n) is 3.22. The largest absolute Gasteiger partial charge is 0.500 e. The predicted molar refractivity (Wildman–Crippen MR) is 101 cm³/mol. The summed E-state index contributed by atoms with van der Waals surface area (Å²) in [5.41, 5.74) is 0.342. The molecule has 0 amide bonds. The molecule has 1 N–H and O–H groups in total. The van der Waals surface area contributed by atoms with Gasteiger partial charge in [-0.25, -0.2) is 0 Å². The lowest BCUT2D eigenvalue weighted by Crippen LogP contribution is -2.31. The zero-order valence-corrected chi connectivity index (χ0v) is 16.4. The van der Waals surface area contributed by atoms with Gasteiger partial charge in [-0.1, -0.05) is 18.2 Å². The van der Waals surface area contributed by atoms with Gasteiger partial charge in [-0.15, -0.1) is 0 Å². The van der Waals surface area contributed by atoms with Crippen LogP contribution in [0, 0.1) is 11.3 Å². The van der Waals surface area contributed by atoms with Gasteiger partial charge in [-0.2, -0.15) is 0 Å². The highest BCUT2D eigenvalue weighted by Gasteiger charge is 2.38. The van der Waals surface area contributed by atoms with Crippen molar-refractivity contribution in [3.05, 3.63) is 41.7 Å². The average Bonchev–Trinajstić information content (AvgIpc) is 3.15. The summed E-state index contributed by atoms with van der Waals surface area (Å²) in [6.07, 6.45) is 5.29. The topological polar surface area (TPSA) is 91.3 Å². The highest BCUT2D eigenvalue weighted by molar-refractivity contribution is 5.95. The van der Waals surface area contributed by atoms with E-state index in [9.17, 15) is 14.7 Å². The first kappa shape index (κ1) is 19.8. The van der Waals surface area contributed by atoms with Gasteiger partial charge in [0.1, 0.15) is 13.2 Å². The van der Waals surface area contributed by atoms with Crippen LogP contribution in [0.15, 0.2) is 36.1 Å². The Balaban J connectivity index is 2.03. The fraction of sp³-hybridized carbons (Fsp3) is 0.429. The molecule has 7 nitrogen and oxygen atoms in total. The number of Topliss-reactive ketones (excluding diaryl/α,β-unsaturated/α-hetero) is 1. The van der Waals surface area contributed by atoms with Crippen molar-refractivity contribution >= 4 is 11.8 Å². The number of ketones is 1. The number of carbonyl (C=O) groups excluding carboxylic acids is 1. The van der Waals surface area contributed by atoms with Crippen LogP contribution in [0.3, 0.4) is 0 Å². The summed E-state index contributed by atoms with van der Waals surface area (Å²) >= 11 is 0. The zero-order valence-electron chi connectivity index (χ0n) is 16.4. The number of fused-ring (bicyclic) bond motifs is 1. The lowest BCUT2D eigenvalue weighted by molar-refractivity contribution is -0.148. The Morgan fingerprint density at radius 3 is 2.64 bits per heavy atom. The van der Waals surface area contributed by atoms with E-state index >= 15 is 0 Å². The zero-order chi connectivity index (χ0) is 20.5. The molecule has 28 heavy (non-hydrogen) atoms. The van der Waals surface area contributed by atoms with Gasteiger partial charge in [0.05, 0.1) is 37.7 Å². The third-order valence-electron chi connectivity index (χ3n) is 5.04. The van der Waals surface area contributed by atoms with Crippen molar-refractivity contribution in [3.8, 4) is 17.2 Å². The lowest BCUT2D eigenvalue weighted by Gasteiger charge is -2.27. The summed E-state index contributed by atoms with van der Waals surface area (Å²) in [7, 11) is 2.97. The molecule has 0 fully saturated rings. The number of rotatable bonds is 7. The van der Waals surface area contributed by atoms with Crippen molar-refractivity contribution in [2.24, 2.45) is 11.3 Å². The van der Waals surface area contributed by atoms with Gasteiger partial charge in [-0.3, -0.25) is 9.59 Å². The van der Waals surface area contributed by atoms with E-state index in [1.54, 1.807) is 38.3 Å². The standard InChI is InChI=1S/C21H24O7/c1-21(2,20(23)24)11-28-18-14(7-8-16(25-3)19(18)26-4)13-6-5-12-9-27-10-15(12)17(13)22/h5-9,13,15H,10-11H2,1-4H3,(H,23,24). The number of carboxylic acids is 1. The minimum atomic E-state index is -1.12. The van der Waals surface area contributed by atoms with Gasteiger partial charge in [0.25, 0.3) is 0 Å². The van der Waals surface area contributed by atoms with E-state index in [0.717, 1.165) is 5.57 Å². The van der Waals surface area contributed by atoms with Crippen LogP contribution in [0.2, 0.25) is 0 Å². The fourth-order valence-corrected chi connectivity index (χ4v) is 3.22. The Bertz CT molecular complexity index is 851. The first-order valence-electron chi connectivity index (χ1n) is 8.94. The molecular weight excluding hydrogens is 364 g/mol. The monoisotopic (exact) mass is 388 g/mol. The molecule has 0 saturated heterocycles. The molecule has 1 aromatic rings. The van der Waals surface area contributed by atoms with Crippen LogP contribution in [-0.2, 0) is 14.3 Å². The molecule has 2 aliphatic rings. The van der Waals surface area contributed by atoms with Gasteiger partial charge in [0.15, 0.2) is 17.3 Å². The summed E-state index contributed by atoms with van der Waals surface area (Å²) in [4.78, 5) is 24.5. The van der Waals surface area contributed by atoms with Gasteiger partial charge in [-0.05, 0) is 19.9 Å². The van der Waals surface area contributed by atoms with Crippen LogP contribution < -0.4 is 14.2 Å². The average molecular weight is 388 g/mol. The summed E-state index contributed by atoms with van der Waals surface area (Å²) in [5.74, 6) is -0.774. The van der Waals surface area contributed by atoms with E-state index in [1.165, 1.54) is 14.2 Å². The Hall–Kier alpha value is -2.96. The molecule has 0 radical (unpaired) electrons. The third kappa shape index (κ3) is 3.44. The number of benzene rings is 1. The van der Waals surface area contributed by atoms with E-state index in [1.807, 2.05) is 6.08 Å². The van der Waals surface area contributed by atoms with Crippen molar-refractivity contribution in [1.82, 2.24) is 0 Å². The lowest BCUT2D eigenvalue weighted by atomic mass is 9.79. The SMILES string of the molecule is COc1ccc(C2C=CC3=COCC3C2=O)c(OCC(C)(C)C(=O)O)c1OC. The summed E-state index contributed by atoms with van der Waals surface area (Å²) < 4.78 is 22.0. The molecule has 2 atom stereocenters. The van der Waals surface area contributed by atoms with Crippen LogP contribution in [-0.4, -0.2) is 44.3 Å². The number of carboxylic acid groups (broad SMARTS) is 1. The van der Waals surface area contributed by atoms with E-state index in [4.69, 9.17) is 18.9 Å². The first-order chi connectivity index (χ1) is 13.3. The maximum absolute atomic E-state index is 13.0. The van der Waals surface area contributed by atoms with Crippen molar-refractivity contribution in [2.45, 2.75) is 19.8 Å². The Labute approximate surface area is 163 Å². The summed E-state index contributed by atoms with van der Waals surface area (Å²) in [6.45, 7) is 3.37. The van der Waals surface area contributed by atoms with Crippen LogP contribution >= 0.6 is 0 Å². The third-order valence-corrected chi connectivity index (χ3v) is 5.04. The maximum Gasteiger partial charge on any atom is 0.312 e. The number of hydrogen-bond donors (Lipinski definition) is 1. The number of hydrogen-bond acceptors (Lipinski definition) is 6. The first-order valence-corrected chi connectivity index (χ1v) is 8.94. The van der Waals surface area contributed by atoms with Gasteiger partial charge in [0.2, 0.25) is 5.75 Å². The quantitative estimate of drug-likeness (QED) is 0.768. The summed E-state index contributed by atoms with van der Waals surface area (Å²) in [5, 5.41) is 9.39. The molecular formula is C21H24O7. The van der Waals surface area contributed by atoms with Gasteiger partial charge in [0, 0.05) is 11.1 Å². The highest BCUT2D eigenvalue weighted by Crippen LogP contribution is 2.46.